The first-order valence-electron chi connectivity index (χ1n) is 17.3. The van der Waals surface area contributed by atoms with Gasteiger partial charge in [-0.05, 0) is 77.3 Å². The van der Waals surface area contributed by atoms with Crippen LogP contribution in [0.1, 0.15) is 75.1 Å². The number of nitrogens with one attached hydrogen (secondary N) is 2. The Morgan fingerprint density at radius 1 is 1.12 bits per heavy atom. The maximum Gasteiger partial charge on any atom is 0.410 e. The highest BCUT2D eigenvalue weighted by Gasteiger charge is 2.43. The van der Waals surface area contributed by atoms with E-state index in [2.05, 4.69) is 31.1 Å². The molecule has 48 heavy (non-hydrogen) atoms. The zero-order valence-electron chi connectivity index (χ0n) is 29.1. The van der Waals surface area contributed by atoms with E-state index in [9.17, 15) is 9.59 Å². The molecule has 0 spiro atoms. The van der Waals surface area contributed by atoms with Crippen LogP contribution in [0.3, 0.4) is 0 Å². The first-order chi connectivity index (χ1) is 22.8. The summed E-state index contributed by atoms with van der Waals surface area (Å²) in [6.45, 7) is 14.7. The van der Waals surface area contributed by atoms with E-state index in [1.165, 1.54) is 30.7 Å². The summed E-state index contributed by atoms with van der Waals surface area (Å²) in [7, 11) is 1.71. The van der Waals surface area contributed by atoms with Crippen molar-refractivity contribution in [1.29, 1.82) is 5.41 Å². The maximum atomic E-state index is 14.1. The number of carbonyl (C=O) groups excluding carboxylic acids is 2. The molecule has 2 aromatic rings. The molecule has 0 aromatic carbocycles. The zero-order chi connectivity index (χ0) is 34.2. The minimum absolute atomic E-state index is 0.0230. The molecule has 1 unspecified atom stereocenters. The summed E-state index contributed by atoms with van der Waals surface area (Å²) in [6, 6.07) is 3.99. The molecule has 0 radical (unpaired) electrons. The quantitative estimate of drug-likeness (QED) is 0.294. The molecule has 0 bridgehead atoms. The number of pyridine rings is 1. The number of nitrogens with zero attached hydrogens (tertiary/aromatic N) is 6. The highest BCUT2D eigenvalue weighted by molar-refractivity contribution is 7.16. The molecular weight excluding hydrogens is 627 g/mol. The van der Waals surface area contributed by atoms with Gasteiger partial charge < -0.3 is 30.5 Å². The van der Waals surface area contributed by atoms with Gasteiger partial charge in [-0.15, -0.1) is 11.3 Å². The van der Waals surface area contributed by atoms with Crippen LogP contribution in [0.15, 0.2) is 17.1 Å². The number of amidine groups is 1. The zero-order valence-corrected chi connectivity index (χ0v) is 29.9. The lowest BCUT2D eigenvalue weighted by molar-refractivity contribution is -0.125. The fourth-order valence-corrected chi connectivity index (χ4v) is 8.31. The van der Waals surface area contributed by atoms with Crippen LogP contribution in [-0.2, 0) is 21.4 Å². The molecule has 3 fully saturated rings. The van der Waals surface area contributed by atoms with Gasteiger partial charge in [-0.2, -0.15) is 0 Å². The predicted molar refractivity (Wildman–Crippen MR) is 193 cm³/mol. The Bertz CT molecular complexity index is 1560. The minimum Gasteiger partial charge on any atom is -0.444 e. The molecule has 2 aliphatic heterocycles. The van der Waals surface area contributed by atoms with E-state index in [-0.39, 0.29) is 17.8 Å². The predicted octanol–water partition coefficient (Wildman–Crippen LogP) is 4.10. The van der Waals surface area contributed by atoms with Crippen molar-refractivity contribution in [3.8, 4) is 0 Å². The first-order valence-corrected chi connectivity index (χ1v) is 18.1. The first kappa shape index (κ1) is 34.2. The van der Waals surface area contributed by atoms with E-state index in [1.807, 2.05) is 33.8 Å². The summed E-state index contributed by atoms with van der Waals surface area (Å²) in [5, 5.41) is 12.8. The molecule has 6 rings (SSSR count). The van der Waals surface area contributed by atoms with Crippen LogP contribution >= 0.6 is 11.3 Å². The molecule has 2 amide bonds. The van der Waals surface area contributed by atoms with Gasteiger partial charge in [0.2, 0.25) is 5.91 Å². The van der Waals surface area contributed by atoms with Gasteiger partial charge in [0.05, 0.1) is 10.4 Å². The molecular formula is C35H51N9O3S. The lowest BCUT2D eigenvalue weighted by Gasteiger charge is -2.38. The van der Waals surface area contributed by atoms with Gasteiger partial charge in [0.25, 0.3) is 0 Å². The number of carbonyl (C=O) groups is 2. The monoisotopic (exact) mass is 677 g/mol. The van der Waals surface area contributed by atoms with Gasteiger partial charge in [0.15, 0.2) is 5.84 Å². The number of rotatable bonds is 7. The van der Waals surface area contributed by atoms with Gasteiger partial charge in [-0.25, -0.2) is 9.78 Å². The van der Waals surface area contributed by atoms with Crippen LogP contribution in [0, 0.1) is 11.3 Å². The Morgan fingerprint density at radius 3 is 2.46 bits per heavy atom. The van der Waals surface area contributed by atoms with Crippen molar-refractivity contribution in [1.82, 2.24) is 20.1 Å². The number of aryl methyl sites for hydroxylation is 1. The summed E-state index contributed by atoms with van der Waals surface area (Å²) < 4.78 is 5.61. The lowest BCUT2D eigenvalue weighted by atomic mass is 9.72. The van der Waals surface area contributed by atoms with Crippen molar-refractivity contribution in [3.63, 3.8) is 0 Å². The van der Waals surface area contributed by atoms with E-state index >= 15 is 0 Å². The van der Waals surface area contributed by atoms with Crippen LogP contribution < -0.4 is 20.9 Å². The Hall–Kier alpha value is -3.71. The Labute approximate surface area is 288 Å². The molecule has 4 N–H and O–H groups in total. The number of anilines is 3. The Kier molecular flexibility index (Phi) is 9.72. The number of thiophene rings is 1. The summed E-state index contributed by atoms with van der Waals surface area (Å²) in [4.78, 5) is 46.0. The SMILES string of the molecule is CN=Cc1c(N)sc2c1C(C)(C(=O)NC(=N)c1cc(N3CCN(C(=O)OC(C)(C)C)CC3)cc(N3CCN(CC4CC4)CC3)n1)CCC2. The van der Waals surface area contributed by atoms with Crippen molar-refractivity contribution in [2.24, 2.45) is 10.9 Å². The van der Waals surface area contributed by atoms with Crippen molar-refractivity contribution >= 4 is 51.9 Å². The van der Waals surface area contributed by atoms with E-state index in [0.29, 0.717) is 43.3 Å². The average Bonchev–Trinajstić information content (AvgIpc) is 3.81. The summed E-state index contributed by atoms with van der Waals surface area (Å²) >= 11 is 1.53. The number of ether oxygens (including phenoxy) is 1. The second kappa shape index (κ2) is 13.7. The topological polar surface area (TPSA) is 143 Å². The van der Waals surface area contributed by atoms with Crippen LogP contribution in [0.5, 0.6) is 0 Å². The lowest BCUT2D eigenvalue weighted by Crippen LogP contribution is -2.50. The van der Waals surface area contributed by atoms with E-state index < -0.39 is 11.0 Å². The average molecular weight is 678 g/mol. The number of amides is 2. The van der Waals surface area contributed by atoms with Crippen molar-refractivity contribution < 1.29 is 14.3 Å². The van der Waals surface area contributed by atoms with Crippen molar-refractivity contribution in [3.05, 3.63) is 33.8 Å². The van der Waals surface area contributed by atoms with Gasteiger partial charge in [0, 0.05) is 94.4 Å². The third-order valence-electron chi connectivity index (χ3n) is 9.94. The standard InChI is InChI=1S/C35H51N9O3S/c1-34(2,3)47-33(46)44-17-15-42(16-18-44)24-19-26(39-28(20-24)43-13-11-41(12-14-43)22-23-8-9-23)30(36)40-32(45)35(4)10-6-7-27-29(35)25(21-38-5)31(37)48-27/h19-21,23H,6-18,22,37H2,1-5H3,(H2,36,40,45). The van der Waals surface area contributed by atoms with Crippen LogP contribution in [0.4, 0.5) is 21.3 Å². The molecule has 260 valence electrons. The molecule has 1 atom stereocenters. The number of hydrogen-bond acceptors (Lipinski definition) is 11. The number of nitrogen functional groups attached to an aromatic ring is 1. The molecule has 2 aromatic heterocycles. The number of aromatic nitrogens is 1. The van der Waals surface area contributed by atoms with Crippen molar-refractivity contribution in [2.75, 3.05) is 81.5 Å². The third kappa shape index (κ3) is 7.46. The second-order valence-corrected chi connectivity index (χ2v) is 16.0. The number of piperazine rings is 2. The van der Waals surface area contributed by atoms with Crippen molar-refractivity contribution in [2.45, 2.75) is 70.8 Å². The fourth-order valence-electron chi connectivity index (χ4n) is 7.09. The van der Waals surface area contributed by atoms with Gasteiger partial charge in [-0.1, -0.05) is 0 Å². The summed E-state index contributed by atoms with van der Waals surface area (Å²) in [5.41, 5.74) is 8.09. The minimum atomic E-state index is -0.846. The van der Waals surface area contributed by atoms with Gasteiger partial charge in [-0.3, -0.25) is 20.1 Å². The third-order valence-corrected chi connectivity index (χ3v) is 11.0. The number of fused-ring (bicyclic) bond motifs is 1. The van der Waals surface area contributed by atoms with Gasteiger partial charge >= 0.3 is 6.09 Å². The highest BCUT2D eigenvalue weighted by atomic mass is 32.1. The van der Waals surface area contributed by atoms with E-state index in [4.69, 9.17) is 20.9 Å². The number of aliphatic imine (C=N–C) groups is 1. The molecule has 12 nitrogen and oxygen atoms in total. The maximum absolute atomic E-state index is 14.1. The van der Waals surface area contributed by atoms with Gasteiger partial charge in [0.1, 0.15) is 17.1 Å². The molecule has 2 saturated heterocycles. The van der Waals surface area contributed by atoms with Crippen LogP contribution in [0.25, 0.3) is 0 Å². The number of nitrogens with two attached hydrogens (primary N) is 1. The molecule has 1 saturated carbocycles. The highest BCUT2D eigenvalue weighted by Crippen LogP contribution is 2.45. The van der Waals surface area contributed by atoms with E-state index in [0.717, 1.165) is 72.4 Å². The molecule has 4 heterocycles. The largest absolute Gasteiger partial charge is 0.444 e. The Morgan fingerprint density at radius 2 is 1.81 bits per heavy atom. The molecule has 13 heteroatoms. The Balaban J connectivity index is 1.23. The normalized spacial score (nSPS) is 22.1. The van der Waals surface area contributed by atoms with Crippen LogP contribution in [-0.4, -0.2) is 110 Å². The smallest absolute Gasteiger partial charge is 0.410 e. The second-order valence-electron chi connectivity index (χ2n) is 14.8. The summed E-state index contributed by atoms with van der Waals surface area (Å²) in [5.74, 6) is 1.40. The number of hydrogen-bond donors (Lipinski definition) is 3. The summed E-state index contributed by atoms with van der Waals surface area (Å²) in [6.07, 6.45) is 6.54. The fraction of sp³-hybridized carbons (Fsp3) is 0.629. The molecule has 2 aliphatic carbocycles. The molecule has 4 aliphatic rings. The van der Waals surface area contributed by atoms with E-state index in [1.54, 1.807) is 18.2 Å². The van der Waals surface area contributed by atoms with Crippen LogP contribution in [0.2, 0.25) is 0 Å².